The van der Waals surface area contributed by atoms with Gasteiger partial charge in [0.1, 0.15) is 0 Å². The molecule has 2 amide bonds. The third-order valence-corrected chi connectivity index (χ3v) is 3.32. The lowest BCUT2D eigenvalue weighted by Gasteiger charge is -2.12. The van der Waals surface area contributed by atoms with E-state index in [2.05, 4.69) is 20.8 Å². The molecule has 2 rings (SSSR count). The molecule has 20 heavy (non-hydrogen) atoms. The van der Waals surface area contributed by atoms with Crippen LogP contribution in [0.1, 0.15) is 31.0 Å². The van der Waals surface area contributed by atoms with Gasteiger partial charge in [-0.3, -0.25) is 4.79 Å². The van der Waals surface area contributed by atoms with Crippen molar-refractivity contribution in [2.75, 3.05) is 6.54 Å². The van der Waals surface area contributed by atoms with Crippen LogP contribution in [0, 0.1) is 12.8 Å². The van der Waals surface area contributed by atoms with Crippen molar-refractivity contribution in [3.8, 4) is 0 Å². The quantitative estimate of drug-likeness (QED) is 0.722. The van der Waals surface area contributed by atoms with E-state index in [1.54, 1.807) is 6.92 Å². The molecule has 0 saturated heterocycles. The Morgan fingerprint density at radius 1 is 1.45 bits per heavy atom. The van der Waals surface area contributed by atoms with Crippen LogP contribution in [0.4, 0.5) is 4.79 Å². The van der Waals surface area contributed by atoms with Crippen molar-refractivity contribution in [1.29, 1.82) is 0 Å². The number of hydrogen-bond acceptors (Lipinski definition) is 5. The van der Waals surface area contributed by atoms with Crippen LogP contribution in [0.5, 0.6) is 0 Å². The molecule has 0 radical (unpaired) electrons. The Morgan fingerprint density at radius 2 is 2.25 bits per heavy atom. The van der Waals surface area contributed by atoms with Gasteiger partial charge in [-0.1, -0.05) is 5.16 Å². The van der Waals surface area contributed by atoms with E-state index in [-0.39, 0.29) is 18.0 Å². The van der Waals surface area contributed by atoms with Gasteiger partial charge in [-0.15, -0.1) is 0 Å². The summed E-state index contributed by atoms with van der Waals surface area (Å²) in [7, 11) is 0. The number of carbonyl (C=O) groups is 2. The molecule has 0 aliphatic heterocycles. The Hall–Kier alpha value is -2.12. The Bertz CT molecular complexity index is 488. The van der Waals surface area contributed by atoms with E-state index in [9.17, 15) is 9.59 Å². The van der Waals surface area contributed by atoms with Crippen LogP contribution in [-0.2, 0) is 11.2 Å². The standard InChI is InChI=1S/C12H18N4O4/c1-7-14-10(16-20-7)4-5-13-12(19)15-9-3-2-8(6-9)11(17)18/h8-9H,2-6H2,1H3,(H,17,18)(H2,13,15,19)/t8-,9+/m1/s1. The maximum atomic E-state index is 11.6. The Labute approximate surface area is 115 Å². The summed E-state index contributed by atoms with van der Waals surface area (Å²) in [4.78, 5) is 26.5. The van der Waals surface area contributed by atoms with Crippen molar-refractivity contribution in [3.63, 3.8) is 0 Å². The third-order valence-electron chi connectivity index (χ3n) is 3.32. The summed E-state index contributed by atoms with van der Waals surface area (Å²) in [5, 5.41) is 18.1. The van der Waals surface area contributed by atoms with E-state index in [0.717, 1.165) is 0 Å². The molecule has 0 aromatic carbocycles. The number of hydrogen-bond donors (Lipinski definition) is 3. The van der Waals surface area contributed by atoms with Gasteiger partial charge in [-0.25, -0.2) is 4.79 Å². The van der Waals surface area contributed by atoms with Gasteiger partial charge in [0.2, 0.25) is 5.89 Å². The molecule has 8 nitrogen and oxygen atoms in total. The Kier molecular flexibility index (Phi) is 4.54. The highest BCUT2D eigenvalue weighted by Gasteiger charge is 2.30. The normalized spacial score (nSPS) is 21.6. The van der Waals surface area contributed by atoms with E-state index >= 15 is 0 Å². The highest BCUT2D eigenvalue weighted by atomic mass is 16.5. The first-order valence-electron chi connectivity index (χ1n) is 6.61. The maximum absolute atomic E-state index is 11.6. The van der Waals surface area contributed by atoms with Crippen molar-refractivity contribution in [2.45, 2.75) is 38.6 Å². The second-order valence-electron chi connectivity index (χ2n) is 4.92. The third kappa shape index (κ3) is 3.94. The maximum Gasteiger partial charge on any atom is 0.315 e. The first kappa shape index (κ1) is 14.3. The molecular formula is C12H18N4O4. The van der Waals surface area contributed by atoms with Gasteiger partial charge < -0.3 is 20.3 Å². The van der Waals surface area contributed by atoms with Gasteiger partial charge in [0.15, 0.2) is 5.82 Å². The second-order valence-corrected chi connectivity index (χ2v) is 4.92. The van der Waals surface area contributed by atoms with E-state index < -0.39 is 5.97 Å². The first-order valence-corrected chi connectivity index (χ1v) is 6.61. The van der Waals surface area contributed by atoms with Crippen molar-refractivity contribution >= 4 is 12.0 Å². The topological polar surface area (TPSA) is 117 Å². The minimum absolute atomic E-state index is 0.0662. The zero-order valence-corrected chi connectivity index (χ0v) is 11.3. The summed E-state index contributed by atoms with van der Waals surface area (Å²) < 4.78 is 4.82. The van der Waals surface area contributed by atoms with Crippen molar-refractivity contribution in [3.05, 3.63) is 11.7 Å². The van der Waals surface area contributed by atoms with Crippen LogP contribution < -0.4 is 10.6 Å². The van der Waals surface area contributed by atoms with Crippen LogP contribution in [0.3, 0.4) is 0 Å². The number of aryl methyl sites for hydroxylation is 1. The largest absolute Gasteiger partial charge is 0.481 e. The van der Waals surface area contributed by atoms with Crippen molar-refractivity contribution in [2.24, 2.45) is 5.92 Å². The number of aliphatic carboxylic acids is 1. The monoisotopic (exact) mass is 282 g/mol. The van der Waals surface area contributed by atoms with Crippen molar-refractivity contribution in [1.82, 2.24) is 20.8 Å². The first-order chi connectivity index (χ1) is 9.54. The molecule has 3 N–H and O–H groups in total. The summed E-state index contributed by atoms with van der Waals surface area (Å²) in [6, 6.07) is -0.357. The van der Waals surface area contributed by atoms with Crippen LogP contribution in [0.15, 0.2) is 4.52 Å². The number of carbonyl (C=O) groups excluding carboxylic acids is 1. The number of nitrogens with zero attached hydrogens (tertiary/aromatic N) is 2. The molecule has 8 heteroatoms. The number of amides is 2. The number of carboxylic acids is 1. The molecule has 1 saturated carbocycles. The summed E-state index contributed by atoms with van der Waals surface area (Å²) in [5.41, 5.74) is 0. The van der Waals surface area contributed by atoms with Crippen LogP contribution >= 0.6 is 0 Å². The Balaban J connectivity index is 1.65. The minimum Gasteiger partial charge on any atom is -0.481 e. The molecule has 1 fully saturated rings. The van der Waals surface area contributed by atoms with Crippen LogP contribution in [-0.4, -0.2) is 39.8 Å². The van der Waals surface area contributed by atoms with Crippen LogP contribution in [0.25, 0.3) is 0 Å². The fourth-order valence-corrected chi connectivity index (χ4v) is 2.30. The lowest BCUT2D eigenvalue weighted by Crippen LogP contribution is -2.42. The Morgan fingerprint density at radius 3 is 2.85 bits per heavy atom. The lowest BCUT2D eigenvalue weighted by atomic mass is 10.1. The van der Waals surface area contributed by atoms with E-state index in [0.29, 0.717) is 43.9 Å². The summed E-state index contributed by atoms with van der Waals surface area (Å²) in [6.07, 6.45) is 2.30. The fraction of sp³-hybridized carbons (Fsp3) is 0.667. The molecular weight excluding hydrogens is 264 g/mol. The number of carboxylic acid groups (broad SMARTS) is 1. The van der Waals surface area contributed by atoms with Gasteiger partial charge >= 0.3 is 12.0 Å². The van der Waals surface area contributed by atoms with E-state index in [4.69, 9.17) is 9.63 Å². The second kappa shape index (κ2) is 6.36. The highest BCUT2D eigenvalue weighted by Crippen LogP contribution is 2.25. The number of aromatic nitrogens is 2. The molecule has 1 aliphatic rings. The molecule has 110 valence electrons. The van der Waals surface area contributed by atoms with Gasteiger partial charge in [0.25, 0.3) is 0 Å². The minimum atomic E-state index is -0.790. The molecule has 1 aliphatic carbocycles. The predicted molar refractivity (Wildman–Crippen MR) is 68.0 cm³/mol. The van der Waals surface area contributed by atoms with Gasteiger partial charge in [-0.2, -0.15) is 4.98 Å². The summed E-state index contributed by atoms with van der Waals surface area (Å²) in [6.45, 7) is 2.11. The summed E-state index contributed by atoms with van der Waals surface area (Å²) >= 11 is 0. The predicted octanol–water partition coefficient (Wildman–Crippen LogP) is 0.473. The highest BCUT2D eigenvalue weighted by molar-refractivity contribution is 5.75. The molecule has 1 heterocycles. The van der Waals surface area contributed by atoms with Gasteiger partial charge in [-0.05, 0) is 19.3 Å². The summed E-state index contributed by atoms with van der Waals surface area (Å²) in [5.74, 6) is -0.0884. The van der Waals surface area contributed by atoms with E-state index in [1.807, 2.05) is 0 Å². The molecule has 1 aromatic rings. The zero-order valence-electron chi connectivity index (χ0n) is 11.3. The SMILES string of the molecule is Cc1nc(CCNC(=O)N[C@H]2CC[C@@H](C(=O)O)C2)no1. The van der Waals surface area contributed by atoms with Crippen LogP contribution in [0.2, 0.25) is 0 Å². The average molecular weight is 282 g/mol. The fourth-order valence-electron chi connectivity index (χ4n) is 2.30. The molecule has 0 unspecified atom stereocenters. The lowest BCUT2D eigenvalue weighted by molar-refractivity contribution is -0.141. The number of rotatable bonds is 5. The number of nitrogens with one attached hydrogen (secondary N) is 2. The van der Waals surface area contributed by atoms with Gasteiger partial charge in [0, 0.05) is 25.9 Å². The van der Waals surface area contributed by atoms with Crippen molar-refractivity contribution < 1.29 is 19.2 Å². The molecule has 0 bridgehead atoms. The van der Waals surface area contributed by atoms with E-state index in [1.165, 1.54) is 0 Å². The smallest absolute Gasteiger partial charge is 0.315 e. The zero-order chi connectivity index (χ0) is 14.5. The van der Waals surface area contributed by atoms with Gasteiger partial charge in [0.05, 0.1) is 5.92 Å². The number of urea groups is 1. The molecule has 1 aromatic heterocycles. The molecule has 2 atom stereocenters. The average Bonchev–Trinajstić information content (AvgIpc) is 2.99. The molecule has 0 spiro atoms.